The molecule has 0 aliphatic carbocycles. The van der Waals surface area contributed by atoms with Gasteiger partial charge < -0.3 is 28.4 Å². The first-order valence-corrected chi connectivity index (χ1v) is 12.9. The first kappa shape index (κ1) is 28.8. The Morgan fingerprint density at radius 3 is 2.34 bits per heavy atom. The summed E-state index contributed by atoms with van der Waals surface area (Å²) in [4.78, 5) is 30.0. The molecule has 3 aromatic rings. The highest BCUT2D eigenvalue weighted by atomic mass is 16.5. The molecular weight excluding hydrogens is 484 g/mol. The molecule has 1 heterocycles. The average Bonchev–Trinajstić information content (AvgIpc) is 3.47. The number of hydrogen-bond donors (Lipinski definition) is 0. The van der Waals surface area contributed by atoms with E-state index in [0.29, 0.717) is 43.4 Å². The molecule has 1 atom stereocenters. The molecule has 38 heavy (non-hydrogen) atoms. The third-order valence-electron chi connectivity index (χ3n) is 6.48. The summed E-state index contributed by atoms with van der Waals surface area (Å²) in [5.74, 6) is 1.60. The van der Waals surface area contributed by atoms with E-state index in [1.165, 1.54) is 0 Å². The zero-order valence-corrected chi connectivity index (χ0v) is 22.7. The van der Waals surface area contributed by atoms with Gasteiger partial charge in [-0.1, -0.05) is 43.3 Å². The number of methoxy groups -OCH3 is 2. The zero-order valence-electron chi connectivity index (χ0n) is 22.7. The number of nitrogens with zero attached hydrogens (tertiary/aromatic N) is 2. The fourth-order valence-electron chi connectivity index (χ4n) is 4.05. The van der Waals surface area contributed by atoms with Crippen molar-refractivity contribution in [3.8, 4) is 11.5 Å². The van der Waals surface area contributed by atoms with E-state index in [1.807, 2.05) is 68.4 Å². The van der Waals surface area contributed by atoms with E-state index in [9.17, 15) is 9.59 Å². The highest BCUT2D eigenvalue weighted by molar-refractivity contribution is 5.85. The van der Waals surface area contributed by atoms with Gasteiger partial charge in [0.1, 0.15) is 18.9 Å². The molecule has 0 saturated heterocycles. The lowest BCUT2D eigenvalue weighted by Crippen LogP contribution is -2.48. The third kappa shape index (κ3) is 8.38. The zero-order chi connectivity index (χ0) is 27.3. The Balaban J connectivity index is 1.68. The minimum Gasteiger partial charge on any atom is -0.493 e. The Kier molecular flexibility index (Phi) is 11.2. The highest BCUT2D eigenvalue weighted by Gasteiger charge is 2.25. The Morgan fingerprint density at radius 1 is 0.921 bits per heavy atom. The molecule has 2 aromatic carbocycles. The number of furan rings is 1. The molecule has 0 N–H and O–H groups in total. The van der Waals surface area contributed by atoms with Crippen molar-refractivity contribution in [2.45, 2.75) is 45.9 Å². The summed E-state index contributed by atoms with van der Waals surface area (Å²) in [5, 5.41) is 0. The van der Waals surface area contributed by atoms with Crippen LogP contribution in [0.2, 0.25) is 0 Å². The van der Waals surface area contributed by atoms with Crippen molar-refractivity contribution in [3.63, 3.8) is 0 Å². The molecule has 0 radical (unpaired) electrons. The number of ether oxygens (including phenoxy) is 3. The van der Waals surface area contributed by atoms with Gasteiger partial charge in [-0.3, -0.25) is 9.59 Å². The Morgan fingerprint density at radius 2 is 1.68 bits per heavy atom. The van der Waals surface area contributed by atoms with Crippen LogP contribution in [0.3, 0.4) is 0 Å². The molecule has 2 amide bonds. The van der Waals surface area contributed by atoms with E-state index in [0.717, 1.165) is 17.5 Å². The number of amides is 2. The minimum absolute atomic E-state index is 0.0326. The Bertz CT molecular complexity index is 1130. The highest BCUT2D eigenvalue weighted by Crippen LogP contribution is 2.27. The number of rotatable bonds is 15. The third-order valence-corrected chi connectivity index (χ3v) is 6.48. The molecule has 1 unspecified atom stereocenters. The van der Waals surface area contributed by atoms with Crippen LogP contribution in [0.1, 0.15) is 37.2 Å². The smallest absolute Gasteiger partial charge is 0.249 e. The summed E-state index contributed by atoms with van der Waals surface area (Å²) >= 11 is 0. The van der Waals surface area contributed by atoms with Crippen molar-refractivity contribution in [1.82, 2.24) is 9.80 Å². The molecule has 0 saturated carbocycles. The van der Waals surface area contributed by atoms with Gasteiger partial charge in [-0.15, -0.1) is 0 Å². The second-order valence-corrected chi connectivity index (χ2v) is 9.09. The van der Waals surface area contributed by atoms with Gasteiger partial charge in [-0.2, -0.15) is 0 Å². The molecule has 8 heteroatoms. The molecule has 0 aliphatic rings. The van der Waals surface area contributed by atoms with Crippen LogP contribution in [0.15, 0.2) is 71.3 Å². The van der Waals surface area contributed by atoms with Crippen LogP contribution in [0.5, 0.6) is 11.5 Å². The lowest BCUT2D eigenvalue weighted by molar-refractivity contribution is -0.146. The fraction of sp³-hybridized carbons (Fsp3) is 0.400. The summed E-state index contributed by atoms with van der Waals surface area (Å²) in [6.45, 7) is 4.92. The van der Waals surface area contributed by atoms with Crippen molar-refractivity contribution >= 4 is 11.8 Å². The predicted molar refractivity (Wildman–Crippen MR) is 145 cm³/mol. The van der Waals surface area contributed by atoms with Gasteiger partial charge in [0.15, 0.2) is 11.5 Å². The molecule has 0 bridgehead atoms. The van der Waals surface area contributed by atoms with E-state index in [2.05, 4.69) is 0 Å². The fourth-order valence-corrected chi connectivity index (χ4v) is 4.05. The average molecular weight is 523 g/mol. The number of benzene rings is 2. The van der Waals surface area contributed by atoms with E-state index in [4.69, 9.17) is 18.6 Å². The molecule has 1 aromatic heterocycles. The molecule has 8 nitrogen and oxygen atoms in total. The minimum atomic E-state index is -0.207. The second-order valence-electron chi connectivity index (χ2n) is 9.09. The molecular formula is C30H38N2O6. The van der Waals surface area contributed by atoms with Crippen molar-refractivity contribution in [2.75, 3.05) is 33.9 Å². The van der Waals surface area contributed by atoms with Crippen molar-refractivity contribution in [2.24, 2.45) is 0 Å². The van der Waals surface area contributed by atoms with Crippen LogP contribution in [-0.2, 0) is 33.9 Å². The maximum Gasteiger partial charge on any atom is 0.249 e. The van der Waals surface area contributed by atoms with Gasteiger partial charge >= 0.3 is 0 Å². The van der Waals surface area contributed by atoms with Gasteiger partial charge in [0.05, 0.1) is 33.6 Å². The van der Waals surface area contributed by atoms with Crippen LogP contribution in [0, 0.1) is 0 Å². The number of carbonyl (C=O) groups is 2. The van der Waals surface area contributed by atoms with E-state index in [-0.39, 0.29) is 31.0 Å². The Hall–Kier alpha value is -3.78. The van der Waals surface area contributed by atoms with Crippen molar-refractivity contribution in [3.05, 3.63) is 83.8 Å². The summed E-state index contributed by atoms with van der Waals surface area (Å²) in [6.07, 6.45) is 2.91. The van der Waals surface area contributed by atoms with Crippen LogP contribution in [0.25, 0.3) is 0 Å². The molecule has 0 aliphatic heterocycles. The summed E-state index contributed by atoms with van der Waals surface area (Å²) in [5.41, 5.74) is 2.00. The number of carbonyl (C=O) groups excluding carboxylic acids is 2. The van der Waals surface area contributed by atoms with Gasteiger partial charge in [-0.05, 0) is 55.2 Å². The molecule has 204 valence electrons. The monoisotopic (exact) mass is 522 g/mol. The van der Waals surface area contributed by atoms with Crippen molar-refractivity contribution in [1.29, 1.82) is 0 Å². The van der Waals surface area contributed by atoms with Crippen LogP contribution in [-0.4, -0.2) is 61.6 Å². The van der Waals surface area contributed by atoms with E-state index < -0.39 is 0 Å². The van der Waals surface area contributed by atoms with Gasteiger partial charge in [0.25, 0.3) is 0 Å². The largest absolute Gasteiger partial charge is 0.493 e. The van der Waals surface area contributed by atoms with Gasteiger partial charge in [0.2, 0.25) is 11.8 Å². The second kappa shape index (κ2) is 14.8. The van der Waals surface area contributed by atoms with Crippen LogP contribution >= 0.6 is 0 Å². The molecule has 3 rings (SSSR count). The Labute approximate surface area is 225 Å². The predicted octanol–water partition coefficient (Wildman–Crippen LogP) is 4.71. The van der Waals surface area contributed by atoms with Crippen molar-refractivity contribution < 1.29 is 28.2 Å². The van der Waals surface area contributed by atoms with E-state index >= 15 is 0 Å². The first-order valence-electron chi connectivity index (χ1n) is 12.9. The van der Waals surface area contributed by atoms with Gasteiger partial charge in [0, 0.05) is 12.6 Å². The maximum atomic E-state index is 13.5. The lowest BCUT2D eigenvalue weighted by Gasteiger charge is -2.31. The normalized spacial score (nSPS) is 11.6. The van der Waals surface area contributed by atoms with E-state index in [1.54, 1.807) is 36.3 Å². The lowest BCUT2D eigenvalue weighted by atomic mass is 10.1. The van der Waals surface area contributed by atoms with Gasteiger partial charge in [-0.25, -0.2) is 0 Å². The topological polar surface area (TPSA) is 81.5 Å². The standard InChI is InChI=1S/C30H38N2O6/c1-5-23(2)32(30(34)22-37-21-25-10-7-6-8-11-25)20-29(33)31(19-26-12-9-17-38-26)16-15-24-13-14-27(35-3)28(18-24)36-4/h6-14,17-18,23H,5,15-16,19-22H2,1-4H3. The summed E-state index contributed by atoms with van der Waals surface area (Å²) in [7, 11) is 3.19. The number of hydrogen-bond acceptors (Lipinski definition) is 6. The quantitative estimate of drug-likeness (QED) is 0.288. The summed E-state index contributed by atoms with van der Waals surface area (Å²) < 4.78 is 21.9. The summed E-state index contributed by atoms with van der Waals surface area (Å²) in [6, 6.07) is 18.9. The molecule has 0 fully saturated rings. The van der Waals surface area contributed by atoms with Crippen LogP contribution < -0.4 is 9.47 Å². The first-order chi connectivity index (χ1) is 18.4. The van der Waals surface area contributed by atoms with Crippen LogP contribution in [0.4, 0.5) is 0 Å². The molecule has 0 spiro atoms. The maximum absolute atomic E-state index is 13.5. The SMILES string of the molecule is CCC(C)N(CC(=O)N(CCc1ccc(OC)c(OC)c1)Cc1ccco1)C(=O)COCc1ccccc1.